The number of nitrogens with zero attached hydrogens (tertiary/aromatic N) is 1. The monoisotopic (exact) mass is 830 g/mol. The Hall–Kier alpha value is -2.36. The number of carbonyl (C=O) groups is 2. The number of alkyl halides is 23. The summed E-state index contributed by atoms with van der Waals surface area (Å²) >= 11 is -0.492. The van der Waals surface area contributed by atoms with Crippen LogP contribution in [0, 0.1) is 0 Å². The van der Waals surface area contributed by atoms with Crippen LogP contribution in [0.1, 0.15) is 19.3 Å². The molecule has 0 radical (unpaired) electrons. The summed E-state index contributed by atoms with van der Waals surface area (Å²) < 4.78 is 311. The Labute approximate surface area is 273 Å². The normalized spacial score (nSPS) is 16.0. The number of nitrogens with one attached hydrogen (secondary N) is 1. The predicted octanol–water partition coefficient (Wildman–Crippen LogP) is 7.94. The van der Waals surface area contributed by atoms with Gasteiger partial charge in [0.2, 0.25) is 5.91 Å². The minimum Gasteiger partial charge on any atom is -0.480 e. The molecule has 51 heavy (non-hydrogen) atoms. The maximum Gasteiger partial charge on any atom is 0.460 e. The summed E-state index contributed by atoms with van der Waals surface area (Å²) in [4.78, 5) is 24.7. The Bertz CT molecular complexity index is 1220. The zero-order valence-electron chi connectivity index (χ0n) is 24.6. The van der Waals surface area contributed by atoms with Crippen LogP contribution in [-0.2, 0) is 9.59 Å². The first-order chi connectivity index (χ1) is 22.1. The highest BCUT2D eigenvalue weighted by molar-refractivity contribution is 8.00. The Balaban J connectivity index is 6.50. The van der Waals surface area contributed by atoms with Gasteiger partial charge in [-0.05, 0) is 27.1 Å². The van der Waals surface area contributed by atoms with E-state index in [2.05, 4.69) is 5.32 Å². The fourth-order valence-corrected chi connectivity index (χ4v) is 4.43. The topological polar surface area (TPSA) is 69.6 Å². The minimum absolute atomic E-state index is 0.128. The first kappa shape index (κ1) is 48.6. The lowest BCUT2D eigenvalue weighted by atomic mass is 9.85. The molecule has 0 fully saturated rings. The maximum atomic E-state index is 14.1. The number of amides is 1. The number of hydrogen-bond donors (Lipinski definition) is 2. The summed E-state index contributed by atoms with van der Waals surface area (Å²) in [5.74, 6) is -93.7. The van der Waals surface area contributed by atoms with Crippen molar-refractivity contribution in [2.24, 2.45) is 0 Å². The molecule has 0 spiro atoms. The molecule has 0 aliphatic carbocycles. The maximum absolute atomic E-state index is 14.1. The molecule has 29 heteroatoms. The van der Waals surface area contributed by atoms with Gasteiger partial charge in [0.05, 0.1) is 0 Å². The van der Waals surface area contributed by atoms with Gasteiger partial charge in [0.25, 0.3) is 0 Å². The second kappa shape index (κ2) is 14.8. The molecule has 0 heterocycles. The van der Waals surface area contributed by atoms with Gasteiger partial charge in [-0.2, -0.15) is 101 Å². The van der Waals surface area contributed by atoms with Crippen molar-refractivity contribution in [3.05, 3.63) is 0 Å². The lowest BCUT2D eigenvalue weighted by molar-refractivity contribution is -0.478. The lowest BCUT2D eigenvalue weighted by Crippen LogP contribution is -2.77. The van der Waals surface area contributed by atoms with Crippen LogP contribution < -0.4 is 5.32 Å². The predicted molar refractivity (Wildman–Crippen MR) is 125 cm³/mol. The Morgan fingerprint density at radius 1 is 0.588 bits per heavy atom. The van der Waals surface area contributed by atoms with E-state index in [1.807, 2.05) is 0 Å². The zero-order valence-corrected chi connectivity index (χ0v) is 25.4. The Morgan fingerprint density at radius 2 is 0.922 bits per heavy atom. The molecule has 0 rings (SSSR count). The second-order valence-electron chi connectivity index (χ2n) is 10.5. The number of thioether (sulfide) groups is 1. The van der Waals surface area contributed by atoms with Crippen molar-refractivity contribution in [3.63, 3.8) is 0 Å². The third-order valence-electron chi connectivity index (χ3n) is 6.46. The zero-order chi connectivity index (χ0) is 41.5. The molecule has 1 amide bonds. The molecule has 1 unspecified atom stereocenters. The Kier molecular flexibility index (Phi) is 14.1. The molecule has 5 nitrogen and oxygen atoms in total. The number of carbonyl (C=O) groups excluding carboxylic acids is 1. The summed E-state index contributed by atoms with van der Waals surface area (Å²) in [7, 11) is 3.19. The molecule has 0 aliphatic heterocycles. The van der Waals surface area contributed by atoms with E-state index >= 15 is 0 Å². The molecule has 0 aliphatic rings. The van der Waals surface area contributed by atoms with E-state index in [9.17, 15) is 111 Å². The van der Waals surface area contributed by atoms with E-state index < -0.39 is 113 Å². The van der Waals surface area contributed by atoms with Crippen LogP contribution in [0.4, 0.5) is 101 Å². The van der Waals surface area contributed by atoms with Gasteiger partial charge in [-0.25, -0.2) is 0 Å². The van der Waals surface area contributed by atoms with Gasteiger partial charge >= 0.3 is 71.4 Å². The van der Waals surface area contributed by atoms with Crippen molar-refractivity contribution in [2.75, 3.05) is 32.9 Å². The van der Waals surface area contributed by atoms with Gasteiger partial charge in [0, 0.05) is 25.1 Å². The first-order valence-corrected chi connectivity index (χ1v) is 13.8. The van der Waals surface area contributed by atoms with E-state index in [-0.39, 0.29) is 13.0 Å². The summed E-state index contributed by atoms with van der Waals surface area (Å²) in [5.41, 5.74) is 0. The summed E-state index contributed by atoms with van der Waals surface area (Å²) in [6, 6.07) is 0. The number of carboxylic acid groups (broad SMARTS) is 1. The van der Waals surface area contributed by atoms with Crippen molar-refractivity contribution < 1.29 is 116 Å². The van der Waals surface area contributed by atoms with Gasteiger partial charge in [-0.1, -0.05) is 0 Å². The van der Waals surface area contributed by atoms with Crippen molar-refractivity contribution in [2.45, 2.75) is 89.9 Å². The van der Waals surface area contributed by atoms with Gasteiger partial charge in [-0.3, -0.25) is 9.59 Å². The molecule has 0 aromatic carbocycles. The average molecular weight is 830 g/mol. The molecule has 0 bridgehead atoms. The van der Waals surface area contributed by atoms with E-state index in [0.29, 0.717) is 6.54 Å². The van der Waals surface area contributed by atoms with Crippen LogP contribution in [0.5, 0.6) is 0 Å². The van der Waals surface area contributed by atoms with Crippen LogP contribution in [-0.4, -0.2) is 125 Å². The highest BCUT2D eigenvalue weighted by Crippen LogP contribution is 2.67. The van der Waals surface area contributed by atoms with E-state index in [4.69, 9.17) is 5.11 Å². The third-order valence-corrected chi connectivity index (χ3v) is 7.67. The molecule has 2 N–H and O–H groups in total. The highest BCUT2D eigenvalue weighted by Gasteiger charge is 2.98. The summed E-state index contributed by atoms with van der Waals surface area (Å²) in [5, 5.41) is 8.92. The molecule has 0 aromatic rings. The van der Waals surface area contributed by atoms with Gasteiger partial charge in [0.15, 0.2) is 0 Å². The first-order valence-electron chi connectivity index (χ1n) is 12.7. The number of halogens is 23. The molecule has 304 valence electrons. The van der Waals surface area contributed by atoms with Crippen LogP contribution in [0.15, 0.2) is 0 Å². The highest BCUT2D eigenvalue weighted by atomic mass is 32.2. The molecular formula is C22H21F23N2O3S. The summed E-state index contributed by atoms with van der Waals surface area (Å²) in [6.45, 7) is 0.233. The average Bonchev–Trinajstić information content (AvgIpc) is 2.92. The number of hydrogen-bond acceptors (Lipinski definition) is 4. The lowest BCUT2D eigenvalue weighted by Gasteiger charge is -2.45. The second-order valence-corrected chi connectivity index (χ2v) is 11.8. The van der Waals surface area contributed by atoms with Gasteiger partial charge in [-0.15, -0.1) is 11.8 Å². The molecule has 0 saturated heterocycles. The number of rotatable bonds is 20. The van der Waals surface area contributed by atoms with E-state index in [1.54, 1.807) is 19.0 Å². The van der Waals surface area contributed by atoms with E-state index in [0.717, 1.165) is 0 Å². The standard InChI is InChI=1S/C22H21F23N2O3S/c1-47(2)6-3-5-46-10(48)8-9(11(49)50)51-7-4-12(23,24)13(25,26)14(27,28)15(29,30)16(31,32)17(33,34)18(35,36)19(37,38)20(39,40)21(41,42)22(43,44)45/h9H,3-8H2,1-2H3,(H,46,48)(H,49,50). The molecular weight excluding hydrogens is 809 g/mol. The number of carboxylic acids is 1. The fraction of sp³-hybridized carbons (Fsp3) is 0.909. The van der Waals surface area contributed by atoms with Crippen LogP contribution in [0.25, 0.3) is 0 Å². The van der Waals surface area contributed by atoms with Gasteiger partial charge in [0.1, 0.15) is 5.25 Å². The van der Waals surface area contributed by atoms with Crippen molar-refractivity contribution in [3.8, 4) is 0 Å². The van der Waals surface area contributed by atoms with E-state index in [1.165, 1.54) is 0 Å². The number of aliphatic carboxylic acids is 1. The quantitative estimate of drug-likeness (QED) is 0.0965. The molecule has 1 atom stereocenters. The smallest absolute Gasteiger partial charge is 0.460 e. The van der Waals surface area contributed by atoms with Crippen molar-refractivity contribution in [1.82, 2.24) is 10.2 Å². The Morgan fingerprint density at radius 3 is 1.24 bits per heavy atom. The third kappa shape index (κ3) is 8.26. The van der Waals surface area contributed by atoms with Crippen molar-refractivity contribution >= 4 is 23.6 Å². The molecule has 0 aromatic heterocycles. The SMILES string of the molecule is CN(C)CCCNC(=O)CC(SCCC(F)(F)C(F)(F)C(F)(F)C(F)(F)C(F)(F)C(F)(F)C(F)(F)C(F)(F)C(F)(F)C(F)(F)C(F)(F)F)C(=O)O. The summed E-state index contributed by atoms with van der Waals surface area (Å²) in [6.07, 6.45) is -12.1. The van der Waals surface area contributed by atoms with Gasteiger partial charge < -0.3 is 15.3 Å². The van der Waals surface area contributed by atoms with Crippen molar-refractivity contribution in [1.29, 1.82) is 0 Å². The largest absolute Gasteiger partial charge is 0.480 e. The minimum atomic E-state index is -9.48. The fourth-order valence-electron chi connectivity index (χ4n) is 3.36. The van der Waals surface area contributed by atoms with Crippen LogP contribution in [0.3, 0.4) is 0 Å². The van der Waals surface area contributed by atoms with Crippen LogP contribution in [0.2, 0.25) is 0 Å². The van der Waals surface area contributed by atoms with Crippen LogP contribution >= 0.6 is 11.8 Å². The molecule has 0 saturated carbocycles.